The normalized spacial score (nSPS) is 12.6. The third kappa shape index (κ3) is 3.19. The summed E-state index contributed by atoms with van der Waals surface area (Å²) in [5.41, 5.74) is 0.753. The molecule has 1 aromatic heterocycles. The minimum absolute atomic E-state index is 0.131. The predicted octanol–water partition coefficient (Wildman–Crippen LogP) is 4.54. The Morgan fingerprint density at radius 1 is 1.33 bits per heavy atom. The number of likely N-dealkylation sites (N-methyl/N-ethyl adjacent to an activating group) is 1. The minimum atomic E-state index is -0.131. The molecule has 1 aromatic carbocycles. The van der Waals surface area contributed by atoms with Gasteiger partial charge in [0.2, 0.25) is 0 Å². The van der Waals surface area contributed by atoms with Gasteiger partial charge in [0.25, 0.3) is 0 Å². The highest BCUT2D eigenvalue weighted by molar-refractivity contribution is 9.10. The van der Waals surface area contributed by atoms with E-state index in [-0.39, 0.29) is 11.9 Å². The summed E-state index contributed by atoms with van der Waals surface area (Å²) in [6, 6.07) is 9.16. The van der Waals surface area contributed by atoms with Crippen molar-refractivity contribution in [2.45, 2.75) is 19.4 Å². The Kier molecular flexibility index (Phi) is 4.92. The van der Waals surface area contributed by atoms with E-state index in [1.54, 1.807) is 17.4 Å². The number of thiophene rings is 1. The topological polar surface area (TPSA) is 12.0 Å². The molecule has 96 valence electrons. The lowest BCUT2D eigenvalue weighted by atomic mass is 10.0. The van der Waals surface area contributed by atoms with Crippen LogP contribution in [0.5, 0.6) is 0 Å². The van der Waals surface area contributed by atoms with E-state index in [0.29, 0.717) is 6.42 Å². The Morgan fingerprint density at radius 2 is 2.11 bits per heavy atom. The van der Waals surface area contributed by atoms with Crippen molar-refractivity contribution < 1.29 is 4.39 Å². The second kappa shape index (κ2) is 6.45. The second-order valence-corrected chi connectivity index (χ2v) is 5.84. The zero-order chi connectivity index (χ0) is 13.0. The molecular formula is C14H15BrFNS. The van der Waals surface area contributed by atoms with Gasteiger partial charge in [0.1, 0.15) is 5.82 Å². The van der Waals surface area contributed by atoms with Crippen LogP contribution in [0.25, 0.3) is 0 Å². The molecule has 2 aromatic rings. The van der Waals surface area contributed by atoms with Crippen molar-refractivity contribution in [1.29, 1.82) is 0 Å². The van der Waals surface area contributed by atoms with Gasteiger partial charge in [0.05, 0.1) is 0 Å². The van der Waals surface area contributed by atoms with Crippen LogP contribution in [0.4, 0.5) is 4.39 Å². The van der Waals surface area contributed by atoms with Crippen LogP contribution in [0.3, 0.4) is 0 Å². The van der Waals surface area contributed by atoms with Gasteiger partial charge in [-0.1, -0.05) is 25.1 Å². The SMILES string of the molecule is CCNC(Cc1ccccc1F)c1sccc1Br. The van der Waals surface area contributed by atoms with Gasteiger partial charge in [-0.3, -0.25) is 0 Å². The van der Waals surface area contributed by atoms with Gasteiger partial charge in [0.15, 0.2) is 0 Å². The summed E-state index contributed by atoms with van der Waals surface area (Å²) in [5, 5.41) is 5.46. The molecule has 1 N–H and O–H groups in total. The third-order valence-electron chi connectivity index (χ3n) is 2.79. The van der Waals surface area contributed by atoms with Gasteiger partial charge >= 0.3 is 0 Å². The monoisotopic (exact) mass is 327 g/mol. The van der Waals surface area contributed by atoms with Gasteiger partial charge in [-0.2, -0.15) is 0 Å². The molecule has 0 saturated heterocycles. The molecule has 1 heterocycles. The molecule has 4 heteroatoms. The molecule has 0 amide bonds. The van der Waals surface area contributed by atoms with Gasteiger partial charge in [-0.15, -0.1) is 11.3 Å². The molecule has 0 spiro atoms. The first-order valence-corrected chi connectivity index (χ1v) is 7.59. The molecular weight excluding hydrogens is 313 g/mol. The number of nitrogens with one attached hydrogen (secondary N) is 1. The molecule has 0 aliphatic carbocycles. The maximum Gasteiger partial charge on any atom is 0.126 e. The van der Waals surface area contributed by atoms with E-state index < -0.39 is 0 Å². The minimum Gasteiger partial charge on any atom is -0.309 e. The van der Waals surface area contributed by atoms with Crippen molar-refractivity contribution in [3.8, 4) is 0 Å². The molecule has 0 saturated carbocycles. The first-order valence-electron chi connectivity index (χ1n) is 5.92. The number of halogens is 2. The quantitative estimate of drug-likeness (QED) is 0.849. The van der Waals surface area contributed by atoms with E-state index in [2.05, 4.69) is 28.2 Å². The van der Waals surface area contributed by atoms with Crippen molar-refractivity contribution >= 4 is 27.3 Å². The van der Waals surface area contributed by atoms with E-state index in [1.165, 1.54) is 10.9 Å². The summed E-state index contributed by atoms with van der Waals surface area (Å²) in [7, 11) is 0. The summed E-state index contributed by atoms with van der Waals surface area (Å²) in [6.45, 7) is 2.93. The van der Waals surface area contributed by atoms with Crippen LogP contribution >= 0.6 is 27.3 Å². The number of rotatable bonds is 5. The van der Waals surface area contributed by atoms with E-state index in [0.717, 1.165) is 16.6 Å². The van der Waals surface area contributed by atoms with Crippen molar-refractivity contribution in [1.82, 2.24) is 5.32 Å². The predicted molar refractivity (Wildman–Crippen MR) is 78.5 cm³/mol. The number of hydrogen-bond donors (Lipinski definition) is 1. The zero-order valence-corrected chi connectivity index (χ0v) is 12.5. The van der Waals surface area contributed by atoms with Crippen LogP contribution in [0, 0.1) is 5.82 Å². The summed E-state index contributed by atoms with van der Waals surface area (Å²) in [5.74, 6) is -0.131. The van der Waals surface area contributed by atoms with Crippen molar-refractivity contribution in [3.63, 3.8) is 0 Å². The largest absolute Gasteiger partial charge is 0.309 e. The highest BCUT2D eigenvalue weighted by Crippen LogP contribution is 2.31. The Hall–Kier alpha value is -0.710. The molecule has 1 nitrogen and oxygen atoms in total. The molecule has 0 aliphatic heterocycles. The molecule has 0 bridgehead atoms. The van der Waals surface area contributed by atoms with E-state index in [1.807, 2.05) is 23.6 Å². The molecule has 1 unspecified atom stereocenters. The zero-order valence-electron chi connectivity index (χ0n) is 10.1. The summed E-state index contributed by atoms with van der Waals surface area (Å²) >= 11 is 5.24. The first-order chi connectivity index (χ1) is 8.72. The van der Waals surface area contributed by atoms with Gasteiger partial charge < -0.3 is 5.32 Å². The standard InChI is InChI=1S/C14H15BrFNS/c1-2-17-13(14-11(15)7-8-18-14)9-10-5-3-4-6-12(10)16/h3-8,13,17H,2,9H2,1H3. The summed E-state index contributed by atoms with van der Waals surface area (Å²) < 4.78 is 14.8. The fourth-order valence-corrected chi connectivity index (χ4v) is 3.67. The second-order valence-electron chi connectivity index (χ2n) is 4.04. The van der Waals surface area contributed by atoms with Crippen LogP contribution in [0.2, 0.25) is 0 Å². The molecule has 18 heavy (non-hydrogen) atoms. The van der Waals surface area contributed by atoms with E-state index in [4.69, 9.17) is 0 Å². The number of benzene rings is 1. The van der Waals surface area contributed by atoms with E-state index >= 15 is 0 Å². The van der Waals surface area contributed by atoms with Crippen molar-refractivity contribution in [2.24, 2.45) is 0 Å². The highest BCUT2D eigenvalue weighted by Gasteiger charge is 2.17. The molecule has 0 fully saturated rings. The average Bonchev–Trinajstić information content (AvgIpc) is 2.78. The Labute approximate surface area is 119 Å². The lowest BCUT2D eigenvalue weighted by Gasteiger charge is -2.17. The molecule has 0 radical (unpaired) electrons. The third-order valence-corrected chi connectivity index (χ3v) is 4.78. The van der Waals surface area contributed by atoms with Crippen molar-refractivity contribution in [3.05, 3.63) is 56.4 Å². The maximum absolute atomic E-state index is 13.7. The molecule has 2 rings (SSSR count). The lowest BCUT2D eigenvalue weighted by Crippen LogP contribution is -2.22. The maximum atomic E-state index is 13.7. The first kappa shape index (κ1) is 13.7. The summed E-state index contributed by atoms with van der Waals surface area (Å²) in [6.07, 6.45) is 0.666. The van der Waals surface area contributed by atoms with Crippen LogP contribution < -0.4 is 5.32 Å². The van der Waals surface area contributed by atoms with Crippen LogP contribution in [0.1, 0.15) is 23.4 Å². The smallest absolute Gasteiger partial charge is 0.126 e. The van der Waals surface area contributed by atoms with Crippen LogP contribution in [0.15, 0.2) is 40.2 Å². The summed E-state index contributed by atoms with van der Waals surface area (Å²) in [4.78, 5) is 1.22. The van der Waals surface area contributed by atoms with Gasteiger partial charge in [0, 0.05) is 15.4 Å². The number of hydrogen-bond acceptors (Lipinski definition) is 2. The van der Waals surface area contributed by atoms with Crippen molar-refractivity contribution in [2.75, 3.05) is 6.54 Å². The van der Waals surface area contributed by atoms with Crippen LogP contribution in [-0.4, -0.2) is 6.54 Å². The Bertz CT molecular complexity index is 512. The average molecular weight is 328 g/mol. The fraction of sp³-hybridized carbons (Fsp3) is 0.286. The Morgan fingerprint density at radius 3 is 2.72 bits per heavy atom. The Balaban J connectivity index is 2.22. The van der Waals surface area contributed by atoms with Crippen LogP contribution in [-0.2, 0) is 6.42 Å². The lowest BCUT2D eigenvalue weighted by molar-refractivity contribution is 0.533. The fourth-order valence-electron chi connectivity index (χ4n) is 1.94. The van der Waals surface area contributed by atoms with E-state index in [9.17, 15) is 4.39 Å². The molecule has 1 atom stereocenters. The van der Waals surface area contributed by atoms with Gasteiger partial charge in [-0.25, -0.2) is 4.39 Å². The van der Waals surface area contributed by atoms with Gasteiger partial charge in [-0.05, 0) is 52.0 Å². The highest BCUT2D eigenvalue weighted by atomic mass is 79.9. The molecule has 0 aliphatic rings.